The Morgan fingerprint density at radius 2 is 1.64 bits per heavy atom. The number of ether oxygens (including phenoxy) is 4. The number of hydrogen-bond donors (Lipinski definition) is 0. The van der Waals surface area contributed by atoms with Crippen molar-refractivity contribution >= 4 is 17.5 Å². The second-order valence-corrected chi connectivity index (χ2v) is 8.49. The minimum atomic E-state index is -0.729. The molecule has 2 saturated heterocycles. The van der Waals surface area contributed by atoms with Crippen LogP contribution in [0.25, 0.3) is 0 Å². The molecule has 144 valence electrons. The van der Waals surface area contributed by atoms with Gasteiger partial charge in [-0.1, -0.05) is 0 Å². The molecule has 7 heteroatoms. The number of nitrogens with zero attached hydrogens (tertiary/aromatic N) is 1. The zero-order valence-electron chi connectivity index (χ0n) is 16.0. The third-order valence-corrected chi connectivity index (χ3v) is 5.85. The fourth-order valence-electron chi connectivity index (χ4n) is 4.01. The summed E-state index contributed by atoms with van der Waals surface area (Å²) in [6.07, 6.45) is -0.794. The van der Waals surface area contributed by atoms with Gasteiger partial charge in [-0.3, -0.25) is 4.79 Å². The maximum absolute atomic E-state index is 12.7. The quantitative estimate of drug-likeness (QED) is 0.690. The van der Waals surface area contributed by atoms with Gasteiger partial charge in [0.25, 0.3) is 0 Å². The molecule has 0 unspecified atom stereocenters. The molecule has 0 aromatic heterocycles. The Morgan fingerprint density at radius 3 is 2.16 bits per heavy atom. The van der Waals surface area contributed by atoms with E-state index < -0.39 is 11.6 Å². The van der Waals surface area contributed by atoms with Gasteiger partial charge >= 0.3 is 0 Å². The number of carbonyl (C=O) groups excluding carboxylic acids is 1. The smallest absolute Gasteiger partial charge is 0.227 e. The fourth-order valence-corrected chi connectivity index (χ4v) is 4.50. The molecule has 0 spiro atoms. The summed E-state index contributed by atoms with van der Waals surface area (Å²) in [4.78, 5) is 14.6. The van der Waals surface area contributed by atoms with E-state index in [9.17, 15) is 4.79 Å². The normalized spacial score (nSPS) is 41.7. The monoisotopic (exact) mass is 375 g/mol. The van der Waals surface area contributed by atoms with Gasteiger partial charge in [-0.05, 0) is 41.5 Å². The Kier molecular flexibility index (Phi) is 5.14. The lowest BCUT2D eigenvalue weighted by Crippen LogP contribution is -2.40. The van der Waals surface area contributed by atoms with E-state index in [1.54, 1.807) is 0 Å². The van der Waals surface area contributed by atoms with Crippen molar-refractivity contribution in [3.63, 3.8) is 0 Å². The first kappa shape index (κ1) is 19.4. The first-order valence-electron chi connectivity index (χ1n) is 9.20. The summed E-state index contributed by atoms with van der Waals surface area (Å²) in [6, 6.07) is 0. The average molecular weight is 376 g/mol. The number of halogens is 1. The van der Waals surface area contributed by atoms with E-state index in [1.165, 1.54) is 0 Å². The van der Waals surface area contributed by atoms with Crippen LogP contribution in [0.5, 0.6) is 0 Å². The molecule has 2 heterocycles. The van der Waals surface area contributed by atoms with Crippen molar-refractivity contribution in [2.45, 2.75) is 76.8 Å². The standard InChI is InChI=1S/C18H30ClNO5/c1-7-20(8-2)16(21)12-11(13(12)19)15-14(24-18(5,6)25-15)10-9-22-17(3,4)23-10/h10-15H,7-9H2,1-6H3/t10-,11-,12+,13+,14+,15+/m0/s1. The van der Waals surface area contributed by atoms with Gasteiger partial charge in [-0.2, -0.15) is 0 Å². The predicted molar refractivity (Wildman–Crippen MR) is 93.3 cm³/mol. The molecule has 3 fully saturated rings. The molecule has 0 aromatic carbocycles. The molecule has 0 bridgehead atoms. The van der Waals surface area contributed by atoms with Crippen LogP contribution in [-0.2, 0) is 23.7 Å². The minimum Gasteiger partial charge on any atom is -0.348 e. The van der Waals surface area contributed by atoms with Gasteiger partial charge in [-0.25, -0.2) is 0 Å². The lowest BCUT2D eigenvalue weighted by molar-refractivity contribution is -0.174. The van der Waals surface area contributed by atoms with Crippen molar-refractivity contribution in [1.82, 2.24) is 4.90 Å². The second-order valence-electron chi connectivity index (χ2n) is 7.99. The second kappa shape index (κ2) is 6.64. The van der Waals surface area contributed by atoms with Crippen LogP contribution in [0.15, 0.2) is 0 Å². The molecular weight excluding hydrogens is 346 g/mol. The molecule has 6 atom stereocenters. The maximum atomic E-state index is 12.7. The first-order chi connectivity index (χ1) is 11.6. The SMILES string of the molecule is CCN(CC)C(=O)[C@H]1[C@H](Cl)[C@H]1[C@H]1OC(C)(C)O[C@@H]1[C@@H]1COC(C)(C)O1. The van der Waals surface area contributed by atoms with Crippen molar-refractivity contribution in [3.8, 4) is 0 Å². The molecular formula is C18H30ClNO5. The topological polar surface area (TPSA) is 57.2 Å². The summed E-state index contributed by atoms with van der Waals surface area (Å²) >= 11 is 6.52. The molecule has 25 heavy (non-hydrogen) atoms. The van der Waals surface area contributed by atoms with E-state index in [4.69, 9.17) is 30.5 Å². The van der Waals surface area contributed by atoms with Crippen LogP contribution in [0.3, 0.4) is 0 Å². The Labute approximate surface area is 155 Å². The van der Waals surface area contributed by atoms with Gasteiger partial charge in [0.05, 0.1) is 24.0 Å². The summed E-state index contributed by atoms with van der Waals surface area (Å²) in [5.41, 5.74) is 0. The van der Waals surface area contributed by atoms with E-state index >= 15 is 0 Å². The van der Waals surface area contributed by atoms with Gasteiger partial charge in [0.15, 0.2) is 11.6 Å². The lowest BCUT2D eigenvalue weighted by Gasteiger charge is -2.24. The van der Waals surface area contributed by atoms with E-state index in [0.717, 1.165) is 0 Å². The van der Waals surface area contributed by atoms with Crippen LogP contribution in [0.1, 0.15) is 41.5 Å². The highest BCUT2D eigenvalue weighted by molar-refractivity contribution is 6.25. The van der Waals surface area contributed by atoms with Crippen LogP contribution in [0.2, 0.25) is 0 Å². The van der Waals surface area contributed by atoms with Gasteiger partial charge in [0, 0.05) is 19.0 Å². The van der Waals surface area contributed by atoms with E-state index in [0.29, 0.717) is 19.7 Å². The highest BCUT2D eigenvalue weighted by Crippen LogP contribution is 2.53. The fraction of sp³-hybridized carbons (Fsp3) is 0.944. The summed E-state index contributed by atoms with van der Waals surface area (Å²) in [5.74, 6) is -1.54. The van der Waals surface area contributed by atoms with Gasteiger partial charge in [0.2, 0.25) is 5.91 Å². The molecule has 0 N–H and O–H groups in total. The van der Waals surface area contributed by atoms with E-state index in [1.807, 2.05) is 46.4 Å². The van der Waals surface area contributed by atoms with Crippen molar-refractivity contribution < 1.29 is 23.7 Å². The van der Waals surface area contributed by atoms with Gasteiger partial charge in [-0.15, -0.1) is 11.6 Å². The molecule has 3 rings (SSSR count). The molecule has 2 aliphatic heterocycles. The van der Waals surface area contributed by atoms with Crippen LogP contribution >= 0.6 is 11.6 Å². The van der Waals surface area contributed by atoms with Crippen molar-refractivity contribution in [2.24, 2.45) is 11.8 Å². The molecule has 0 radical (unpaired) electrons. The third kappa shape index (κ3) is 3.69. The Hall–Kier alpha value is -0.400. The van der Waals surface area contributed by atoms with Crippen LogP contribution < -0.4 is 0 Å². The summed E-state index contributed by atoms with van der Waals surface area (Å²) in [7, 11) is 0. The zero-order chi connectivity index (χ0) is 18.6. The van der Waals surface area contributed by atoms with Crippen molar-refractivity contribution in [1.29, 1.82) is 0 Å². The third-order valence-electron chi connectivity index (χ3n) is 5.28. The van der Waals surface area contributed by atoms with E-state index in [-0.39, 0.29) is 41.4 Å². The molecule has 1 amide bonds. The van der Waals surface area contributed by atoms with Gasteiger partial charge in [0.1, 0.15) is 12.2 Å². The Bertz CT molecular complexity index is 522. The highest BCUT2D eigenvalue weighted by Gasteiger charge is 2.65. The Balaban J connectivity index is 1.74. The Morgan fingerprint density at radius 1 is 1.04 bits per heavy atom. The van der Waals surface area contributed by atoms with Crippen molar-refractivity contribution in [3.05, 3.63) is 0 Å². The van der Waals surface area contributed by atoms with Crippen LogP contribution in [0, 0.1) is 11.8 Å². The lowest BCUT2D eigenvalue weighted by atomic mass is 10.0. The molecule has 3 aliphatic rings. The first-order valence-corrected chi connectivity index (χ1v) is 9.64. The number of amides is 1. The highest BCUT2D eigenvalue weighted by atomic mass is 35.5. The number of rotatable bonds is 5. The number of carbonyl (C=O) groups is 1. The van der Waals surface area contributed by atoms with Crippen LogP contribution in [-0.4, -0.2) is 65.8 Å². The zero-order valence-corrected chi connectivity index (χ0v) is 16.7. The molecule has 1 saturated carbocycles. The van der Waals surface area contributed by atoms with Crippen LogP contribution in [0.4, 0.5) is 0 Å². The summed E-state index contributed by atoms with van der Waals surface area (Å²) < 4.78 is 23.9. The summed E-state index contributed by atoms with van der Waals surface area (Å²) in [5, 5.41) is -0.228. The molecule has 1 aliphatic carbocycles. The summed E-state index contributed by atoms with van der Waals surface area (Å²) in [6.45, 7) is 13.3. The largest absolute Gasteiger partial charge is 0.348 e. The number of alkyl halides is 1. The molecule has 0 aromatic rings. The van der Waals surface area contributed by atoms with Crippen molar-refractivity contribution in [2.75, 3.05) is 19.7 Å². The predicted octanol–water partition coefficient (Wildman–Crippen LogP) is 2.38. The number of hydrogen-bond acceptors (Lipinski definition) is 5. The van der Waals surface area contributed by atoms with E-state index in [2.05, 4.69) is 0 Å². The van der Waals surface area contributed by atoms with Gasteiger partial charge < -0.3 is 23.8 Å². The minimum absolute atomic E-state index is 0.0612. The molecule has 6 nitrogen and oxygen atoms in total. The maximum Gasteiger partial charge on any atom is 0.227 e. The average Bonchev–Trinajstić information content (AvgIpc) is 2.86.